The van der Waals surface area contributed by atoms with Gasteiger partial charge in [-0.3, -0.25) is 9.59 Å². The first-order valence-corrected chi connectivity index (χ1v) is 4.19. The van der Waals surface area contributed by atoms with E-state index in [2.05, 4.69) is 0 Å². The van der Waals surface area contributed by atoms with Crippen LogP contribution in [0.4, 0.5) is 0 Å². The first kappa shape index (κ1) is 11.3. The number of hydrogen-bond donors (Lipinski definition) is 1. The van der Waals surface area contributed by atoms with Gasteiger partial charge in [0.1, 0.15) is 0 Å². The van der Waals surface area contributed by atoms with Crippen LogP contribution in [0, 0.1) is 0 Å². The van der Waals surface area contributed by atoms with E-state index in [-0.39, 0.29) is 6.42 Å². The van der Waals surface area contributed by atoms with Crippen LogP contribution in [0.2, 0.25) is 0 Å². The van der Waals surface area contributed by atoms with Crippen molar-refractivity contribution < 1.29 is 14.7 Å². The van der Waals surface area contributed by atoms with Gasteiger partial charge >= 0.3 is 0 Å². The van der Waals surface area contributed by atoms with E-state index in [0.717, 1.165) is 19.3 Å². The number of Topliss-reactive ketones (excluding diaryl/α,β-unsaturated/α-hetero) is 1. The summed E-state index contributed by atoms with van der Waals surface area (Å²) in [6.45, 7) is 3.20. The number of carbonyl (C=O) groups is 1. The van der Waals surface area contributed by atoms with Gasteiger partial charge in [0, 0.05) is 6.42 Å². The van der Waals surface area contributed by atoms with Gasteiger partial charge in [0.05, 0.1) is 0 Å². The topological polar surface area (TPSA) is 54.4 Å². The van der Waals surface area contributed by atoms with Gasteiger partial charge in [0.2, 0.25) is 6.29 Å². The van der Waals surface area contributed by atoms with Crippen molar-refractivity contribution in [3.8, 4) is 0 Å². The van der Waals surface area contributed by atoms with Crippen molar-refractivity contribution in [2.75, 3.05) is 0 Å². The Morgan fingerprint density at radius 2 is 2.08 bits per heavy atom. The second-order valence-electron chi connectivity index (χ2n) is 3.05. The molecule has 1 unspecified atom stereocenters. The molecular weight excluding hydrogens is 156 g/mol. The molecule has 0 amide bonds. The molecule has 0 aliphatic rings. The van der Waals surface area contributed by atoms with Crippen LogP contribution < -0.4 is 0 Å². The minimum absolute atomic E-state index is 0.260. The molecule has 12 heavy (non-hydrogen) atoms. The zero-order valence-electron chi connectivity index (χ0n) is 7.59. The average molecular weight is 171 g/mol. The fourth-order valence-corrected chi connectivity index (χ4v) is 0.836. The highest BCUT2D eigenvalue weighted by atomic mass is 16.3. The molecular formula is C9H15O3. The van der Waals surface area contributed by atoms with E-state index in [4.69, 9.17) is 5.11 Å². The van der Waals surface area contributed by atoms with Crippen molar-refractivity contribution in [3.05, 3.63) is 0 Å². The van der Waals surface area contributed by atoms with Gasteiger partial charge in [0.15, 0.2) is 11.4 Å². The Bertz CT molecular complexity index is 161. The Kier molecular flexibility index (Phi) is 4.74. The molecule has 0 saturated heterocycles. The van der Waals surface area contributed by atoms with Crippen LogP contribution >= 0.6 is 0 Å². The molecule has 0 aromatic rings. The van der Waals surface area contributed by atoms with E-state index >= 15 is 0 Å². The van der Waals surface area contributed by atoms with E-state index in [1.54, 1.807) is 0 Å². The standard InChI is InChI=1S/C9H15O3/c1-3-4-5-6-8(11)9(2,12)7-10/h12H,3-6H2,1-2H3. The molecule has 1 N–H and O–H groups in total. The predicted octanol–water partition coefficient (Wildman–Crippen LogP) is 0.996. The molecule has 0 bridgehead atoms. The number of unbranched alkanes of at least 4 members (excludes halogenated alkanes) is 2. The first-order valence-electron chi connectivity index (χ1n) is 4.19. The Hall–Kier alpha value is -0.700. The average Bonchev–Trinajstić information content (AvgIpc) is 2.05. The van der Waals surface area contributed by atoms with E-state index in [9.17, 15) is 9.59 Å². The molecule has 0 aromatic carbocycles. The summed E-state index contributed by atoms with van der Waals surface area (Å²) in [6.07, 6.45) is 4.27. The van der Waals surface area contributed by atoms with Crippen LogP contribution in [0.5, 0.6) is 0 Å². The number of ketones is 1. The highest BCUT2D eigenvalue weighted by Gasteiger charge is 2.29. The number of aliphatic hydroxyl groups is 1. The Balaban J connectivity index is 3.79. The molecule has 69 valence electrons. The second kappa shape index (κ2) is 5.04. The van der Waals surface area contributed by atoms with Gasteiger partial charge in [-0.2, -0.15) is 0 Å². The molecule has 0 aliphatic carbocycles. The van der Waals surface area contributed by atoms with Crippen molar-refractivity contribution >= 4 is 12.1 Å². The summed E-state index contributed by atoms with van der Waals surface area (Å²) >= 11 is 0. The second-order valence-corrected chi connectivity index (χ2v) is 3.05. The number of hydrogen-bond acceptors (Lipinski definition) is 3. The lowest BCUT2D eigenvalue weighted by Gasteiger charge is -2.12. The molecule has 0 aliphatic heterocycles. The van der Waals surface area contributed by atoms with E-state index in [1.165, 1.54) is 13.2 Å². The molecule has 0 saturated carbocycles. The molecule has 1 radical (unpaired) electrons. The fraction of sp³-hybridized carbons (Fsp3) is 0.778. The third-order valence-corrected chi connectivity index (χ3v) is 1.75. The van der Waals surface area contributed by atoms with Gasteiger partial charge in [-0.15, -0.1) is 0 Å². The zero-order valence-corrected chi connectivity index (χ0v) is 7.59. The highest BCUT2D eigenvalue weighted by molar-refractivity contribution is 6.00. The molecule has 3 nitrogen and oxygen atoms in total. The number of carbonyl (C=O) groups excluding carboxylic acids is 2. The molecule has 1 atom stereocenters. The van der Waals surface area contributed by atoms with Crippen molar-refractivity contribution in [3.63, 3.8) is 0 Å². The summed E-state index contributed by atoms with van der Waals surface area (Å²) in [4.78, 5) is 21.2. The maximum atomic E-state index is 11.1. The normalized spacial score (nSPS) is 15.2. The van der Waals surface area contributed by atoms with Crippen molar-refractivity contribution in [1.82, 2.24) is 0 Å². The van der Waals surface area contributed by atoms with E-state index in [0.29, 0.717) is 0 Å². The lowest BCUT2D eigenvalue weighted by atomic mass is 9.98. The molecule has 0 heterocycles. The van der Waals surface area contributed by atoms with E-state index < -0.39 is 11.4 Å². The largest absolute Gasteiger partial charge is 0.374 e. The number of rotatable bonds is 6. The third kappa shape index (κ3) is 3.62. The maximum Gasteiger partial charge on any atom is 0.240 e. The monoisotopic (exact) mass is 171 g/mol. The van der Waals surface area contributed by atoms with Crippen LogP contribution in [0.1, 0.15) is 39.5 Å². The lowest BCUT2D eigenvalue weighted by Crippen LogP contribution is -2.36. The molecule has 0 spiro atoms. The minimum Gasteiger partial charge on any atom is -0.374 e. The third-order valence-electron chi connectivity index (χ3n) is 1.75. The Labute approximate surface area is 72.8 Å². The van der Waals surface area contributed by atoms with Gasteiger partial charge < -0.3 is 5.11 Å². The Morgan fingerprint density at radius 1 is 1.50 bits per heavy atom. The molecule has 3 heteroatoms. The molecule has 0 fully saturated rings. The summed E-state index contributed by atoms with van der Waals surface area (Å²) in [5, 5.41) is 9.12. The smallest absolute Gasteiger partial charge is 0.240 e. The van der Waals surface area contributed by atoms with Gasteiger partial charge in [-0.25, -0.2) is 0 Å². The van der Waals surface area contributed by atoms with Crippen molar-refractivity contribution in [2.24, 2.45) is 0 Å². The molecule has 0 rings (SSSR count). The van der Waals surface area contributed by atoms with Crippen molar-refractivity contribution in [2.45, 2.75) is 45.1 Å². The quantitative estimate of drug-likeness (QED) is 0.479. The Morgan fingerprint density at radius 3 is 2.50 bits per heavy atom. The van der Waals surface area contributed by atoms with Crippen LogP contribution in [0.25, 0.3) is 0 Å². The zero-order chi connectivity index (χ0) is 9.61. The predicted molar refractivity (Wildman–Crippen MR) is 45.5 cm³/mol. The van der Waals surface area contributed by atoms with Gasteiger partial charge in [-0.05, 0) is 13.3 Å². The maximum absolute atomic E-state index is 11.1. The minimum atomic E-state index is -1.90. The van der Waals surface area contributed by atoms with Gasteiger partial charge in [-0.1, -0.05) is 19.8 Å². The molecule has 0 aromatic heterocycles. The summed E-state index contributed by atoms with van der Waals surface area (Å²) in [7, 11) is 0. The summed E-state index contributed by atoms with van der Waals surface area (Å²) in [6, 6.07) is 0. The summed E-state index contributed by atoms with van der Waals surface area (Å²) < 4.78 is 0. The van der Waals surface area contributed by atoms with Crippen LogP contribution in [0.15, 0.2) is 0 Å². The van der Waals surface area contributed by atoms with Crippen LogP contribution in [-0.2, 0) is 9.59 Å². The lowest BCUT2D eigenvalue weighted by molar-refractivity contribution is -0.130. The first-order chi connectivity index (χ1) is 5.54. The highest BCUT2D eigenvalue weighted by Crippen LogP contribution is 2.08. The fourth-order valence-electron chi connectivity index (χ4n) is 0.836. The van der Waals surface area contributed by atoms with Crippen LogP contribution in [0.3, 0.4) is 0 Å². The van der Waals surface area contributed by atoms with Gasteiger partial charge in [0.25, 0.3) is 0 Å². The van der Waals surface area contributed by atoms with Crippen LogP contribution in [-0.4, -0.2) is 22.8 Å². The SMILES string of the molecule is CCCCCC(=O)C(C)(O)[C]=O. The van der Waals surface area contributed by atoms with Crippen molar-refractivity contribution in [1.29, 1.82) is 0 Å². The van der Waals surface area contributed by atoms with E-state index in [1.807, 2.05) is 6.92 Å². The summed E-state index contributed by atoms with van der Waals surface area (Å²) in [5.41, 5.74) is -1.90. The summed E-state index contributed by atoms with van der Waals surface area (Å²) in [5.74, 6) is -0.439.